The second-order valence-electron chi connectivity index (χ2n) is 6.02. The lowest BCUT2D eigenvalue weighted by Gasteiger charge is -2.45. The van der Waals surface area contributed by atoms with Gasteiger partial charge in [0.1, 0.15) is 12.1 Å². The molecule has 1 aromatic heterocycles. The zero-order valence-electron chi connectivity index (χ0n) is 12.8. The van der Waals surface area contributed by atoms with Crippen LogP contribution in [0.2, 0.25) is 0 Å². The van der Waals surface area contributed by atoms with Gasteiger partial charge in [-0.25, -0.2) is 0 Å². The molecule has 0 aliphatic carbocycles. The van der Waals surface area contributed by atoms with Crippen molar-refractivity contribution in [2.45, 2.75) is 38.6 Å². The summed E-state index contributed by atoms with van der Waals surface area (Å²) in [7, 11) is 0. The van der Waals surface area contributed by atoms with E-state index >= 15 is 0 Å². The Morgan fingerprint density at radius 3 is 2.82 bits per heavy atom. The minimum absolute atomic E-state index is 0.169. The maximum atomic E-state index is 12.3. The summed E-state index contributed by atoms with van der Waals surface area (Å²) in [5.74, 6) is -0.344. The monoisotopic (exact) mass is 323 g/mol. The number of nitrogens with zero attached hydrogens (tertiary/aromatic N) is 2. The summed E-state index contributed by atoms with van der Waals surface area (Å²) in [5, 5.41) is 12.3. The highest BCUT2D eigenvalue weighted by Crippen LogP contribution is 2.22. The van der Waals surface area contributed by atoms with Crippen LogP contribution in [-0.4, -0.2) is 64.5 Å². The molecule has 3 rings (SSSR count). The van der Waals surface area contributed by atoms with Crippen LogP contribution in [0.1, 0.15) is 16.7 Å². The molecule has 0 spiro atoms. The smallest absolute Gasteiger partial charge is 0.248 e. The highest BCUT2D eigenvalue weighted by atomic mass is 32.1. The molecule has 0 aromatic carbocycles. The van der Waals surface area contributed by atoms with Crippen molar-refractivity contribution in [2.75, 3.05) is 19.6 Å². The third kappa shape index (κ3) is 2.88. The first-order chi connectivity index (χ1) is 10.5. The van der Waals surface area contributed by atoms with Crippen LogP contribution in [0.25, 0.3) is 0 Å². The van der Waals surface area contributed by atoms with E-state index in [2.05, 4.69) is 29.3 Å². The van der Waals surface area contributed by atoms with Crippen molar-refractivity contribution in [3.05, 3.63) is 21.9 Å². The lowest BCUT2D eigenvalue weighted by molar-refractivity contribution is -0.156. The molecule has 3 atom stereocenters. The molecule has 0 saturated carbocycles. The zero-order valence-corrected chi connectivity index (χ0v) is 13.6. The average Bonchev–Trinajstić information content (AvgIpc) is 2.87. The normalized spacial score (nSPS) is 27.5. The van der Waals surface area contributed by atoms with Crippen LogP contribution in [0, 0.1) is 6.92 Å². The van der Waals surface area contributed by atoms with Gasteiger partial charge in [0.05, 0.1) is 6.10 Å². The fourth-order valence-electron chi connectivity index (χ4n) is 3.08. The van der Waals surface area contributed by atoms with E-state index in [1.54, 1.807) is 16.2 Å². The Hall–Kier alpha value is -1.44. The minimum atomic E-state index is -0.871. The predicted octanol–water partition coefficient (Wildman–Crippen LogP) is -0.0515. The van der Waals surface area contributed by atoms with Crippen LogP contribution in [0.5, 0.6) is 0 Å². The van der Waals surface area contributed by atoms with Gasteiger partial charge in [0.25, 0.3) is 0 Å². The number of rotatable bonds is 3. The van der Waals surface area contributed by atoms with E-state index in [0.29, 0.717) is 13.1 Å². The number of thiophene rings is 1. The number of carbonyl (C=O) groups is 2. The van der Waals surface area contributed by atoms with Gasteiger partial charge in [-0.2, -0.15) is 0 Å². The van der Waals surface area contributed by atoms with Crippen LogP contribution in [0.3, 0.4) is 0 Å². The Morgan fingerprint density at radius 1 is 1.41 bits per heavy atom. The maximum Gasteiger partial charge on any atom is 0.248 e. The van der Waals surface area contributed by atoms with Crippen molar-refractivity contribution >= 4 is 23.2 Å². The Labute approximate surface area is 133 Å². The van der Waals surface area contributed by atoms with E-state index in [1.165, 1.54) is 16.7 Å². The topological polar surface area (TPSA) is 72.9 Å². The molecular formula is C15H21N3O3S. The lowest BCUT2D eigenvalue weighted by atomic mass is 10.0. The Bertz CT molecular complexity index is 586. The minimum Gasteiger partial charge on any atom is -0.391 e. The van der Waals surface area contributed by atoms with Gasteiger partial charge in [-0.3, -0.25) is 14.5 Å². The van der Waals surface area contributed by atoms with Crippen LogP contribution in [-0.2, 0) is 16.1 Å². The van der Waals surface area contributed by atoms with Crippen molar-refractivity contribution in [2.24, 2.45) is 0 Å². The van der Waals surface area contributed by atoms with Crippen molar-refractivity contribution in [3.8, 4) is 0 Å². The molecule has 2 aliphatic rings. The van der Waals surface area contributed by atoms with Gasteiger partial charge < -0.3 is 15.3 Å². The number of hydrogen-bond donors (Lipinski definition) is 2. The fraction of sp³-hybridized carbons (Fsp3) is 0.600. The molecule has 2 aliphatic heterocycles. The molecule has 0 unspecified atom stereocenters. The van der Waals surface area contributed by atoms with E-state index < -0.39 is 18.2 Å². The second kappa shape index (κ2) is 5.98. The molecule has 2 N–H and O–H groups in total. The third-order valence-electron chi connectivity index (χ3n) is 4.27. The molecule has 2 fully saturated rings. The number of aliphatic hydroxyl groups is 1. The SMILES string of the molecule is Cc1ccc(CN2CCN3C(=O)[C@@H]([C@H](C)O)NC(=O)[C@H]3C2)s1. The molecule has 1 aromatic rings. The first-order valence-electron chi connectivity index (χ1n) is 7.52. The van der Waals surface area contributed by atoms with Crippen LogP contribution in [0.15, 0.2) is 12.1 Å². The highest BCUT2D eigenvalue weighted by molar-refractivity contribution is 7.11. The molecule has 0 bridgehead atoms. The van der Waals surface area contributed by atoms with Crippen molar-refractivity contribution in [1.82, 2.24) is 15.1 Å². The maximum absolute atomic E-state index is 12.3. The van der Waals surface area contributed by atoms with Crippen molar-refractivity contribution in [1.29, 1.82) is 0 Å². The molecule has 2 amide bonds. The molecular weight excluding hydrogens is 302 g/mol. The predicted molar refractivity (Wildman–Crippen MR) is 83.4 cm³/mol. The number of carbonyl (C=O) groups excluding carboxylic acids is 2. The second-order valence-corrected chi connectivity index (χ2v) is 7.39. The third-order valence-corrected chi connectivity index (χ3v) is 5.26. The summed E-state index contributed by atoms with van der Waals surface area (Å²) in [6.45, 7) is 6.24. The van der Waals surface area contributed by atoms with Gasteiger partial charge in [-0.15, -0.1) is 11.3 Å². The van der Waals surface area contributed by atoms with E-state index in [1.807, 2.05) is 0 Å². The highest BCUT2D eigenvalue weighted by Gasteiger charge is 2.44. The molecule has 2 saturated heterocycles. The number of fused-ring (bicyclic) bond motifs is 1. The van der Waals surface area contributed by atoms with E-state index in [-0.39, 0.29) is 11.8 Å². The van der Waals surface area contributed by atoms with E-state index in [0.717, 1.165) is 13.1 Å². The average molecular weight is 323 g/mol. The van der Waals surface area contributed by atoms with Gasteiger partial charge in [0.2, 0.25) is 11.8 Å². The molecule has 22 heavy (non-hydrogen) atoms. The summed E-state index contributed by atoms with van der Waals surface area (Å²) in [5.41, 5.74) is 0. The van der Waals surface area contributed by atoms with Gasteiger partial charge in [0.15, 0.2) is 0 Å². The number of amides is 2. The molecule has 120 valence electrons. The van der Waals surface area contributed by atoms with E-state index in [4.69, 9.17) is 0 Å². The number of piperazine rings is 2. The zero-order chi connectivity index (χ0) is 15.9. The largest absolute Gasteiger partial charge is 0.391 e. The number of aryl methyl sites for hydroxylation is 1. The number of aliphatic hydroxyl groups excluding tert-OH is 1. The first kappa shape index (κ1) is 15.5. The fourth-order valence-corrected chi connectivity index (χ4v) is 4.01. The van der Waals surface area contributed by atoms with Crippen molar-refractivity contribution in [3.63, 3.8) is 0 Å². The van der Waals surface area contributed by atoms with Gasteiger partial charge in [0, 0.05) is 35.9 Å². The Balaban J connectivity index is 1.68. The number of hydrogen-bond acceptors (Lipinski definition) is 5. The van der Waals surface area contributed by atoms with Crippen LogP contribution in [0.4, 0.5) is 0 Å². The van der Waals surface area contributed by atoms with Gasteiger partial charge in [-0.05, 0) is 26.0 Å². The molecule has 7 heteroatoms. The molecule has 0 radical (unpaired) electrons. The summed E-state index contributed by atoms with van der Waals surface area (Å²) in [6, 6.07) is 2.95. The quantitative estimate of drug-likeness (QED) is 0.818. The van der Waals surface area contributed by atoms with Crippen LogP contribution < -0.4 is 5.32 Å². The Kier molecular flexibility index (Phi) is 4.20. The lowest BCUT2D eigenvalue weighted by Crippen LogP contribution is -2.70. The number of nitrogens with one attached hydrogen (secondary N) is 1. The summed E-state index contributed by atoms with van der Waals surface area (Å²) in [4.78, 5) is 31.0. The Morgan fingerprint density at radius 2 is 2.18 bits per heavy atom. The van der Waals surface area contributed by atoms with Crippen LogP contribution >= 0.6 is 11.3 Å². The summed E-state index contributed by atoms with van der Waals surface area (Å²) in [6.07, 6.45) is -0.871. The first-order valence-corrected chi connectivity index (χ1v) is 8.34. The molecule has 6 nitrogen and oxygen atoms in total. The van der Waals surface area contributed by atoms with E-state index in [9.17, 15) is 14.7 Å². The van der Waals surface area contributed by atoms with Crippen molar-refractivity contribution < 1.29 is 14.7 Å². The standard InChI is InChI=1S/C15H21N3O3S/c1-9-3-4-11(22-9)7-17-5-6-18-12(8-17)14(20)16-13(10(2)19)15(18)21/h3-4,10,12-13,19H,5-8H2,1-2H3,(H,16,20)/t10-,12+,13+/m0/s1. The summed E-state index contributed by atoms with van der Waals surface area (Å²) < 4.78 is 0. The molecule has 3 heterocycles. The summed E-state index contributed by atoms with van der Waals surface area (Å²) >= 11 is 1.76. The van der Waals surface area contributed by atoms with Gasteiger partial charge in [-0.1, -0.05) is 0 Å². The van der Waals surface area contributed by atoms with Gasteiger partial charge >= 0.3 is 0 Å².